The van der Waals surface area contributed by atoms with Crippen LogP contribution in [-0.2, 0) is 28.0 Å². The Morgan fingerprint density at radius 1 is 1.21 bits per heavy atom. The first-order valence-electron chi connectivity index (χ1n) is 10.5. The highest BCUT2D eigenvalue weighted by atomic mass is 16.5. The number of hydrogen-bond acceptors (Lipinski definition) is 5. The quantitative estimate of drug-likeness (QED) is 0.872. The normalized spacial score (nSPS) is 34.6. The average molecular weight is 391 g/mol. The van der Waals surface area contributed by atoms with Crippen LogP contribution < -0.4 is 4.74 Å². The number of carbonyl (C=O) groups is 1. The standard InChI is InChI=1S/C24H25NO4/c1-25-12-11-23-20-16-7-8-17(26)21(20)29-22(23)18(27)9-10-24(23,19(25)13-16)28-14-15-5-3-2-4-6-15/h2-8,19,22,26H,9-14H2,1H3/t19?,22-,23-,24+/m0/s1. The SMILES string of the molecule is CN1CC[C@]23c4c5ccc(O)c4O[C@H]2C(=O)CC[C@@]3(OCc2ccccc2)C1C5. The molecule has 2 aliphatic carbocycles. The number of nitrogens with zero attached hydrogens (tertiary/aromatic N) is 1. The fraction of sp³-hybridized carbons (Fsp3) is 0.458. The third kappa shape index (κ3) is 2.05. The lowest BCUT2D eigenvalue weighted by atomic mass is 9.49. The Labute approximate surface area is 170 Å². The second-order valence-corrected chi connectivity index (χ2v) is 9.00. The second-order valence-electron chi connectivity index (χ2n) is 9.00. The van der Waals surface area contributed by atoms with Gasteiger partial charge in [0.25, 0.3) is 0 Å². The molecule has 1 unspecified atom stereocenters. The number of phenolic OH excluding ortho intramolecular Hbond substituents is 1. The summed E-state index contributed by atoms with van der Waals surface area (Å²) in [5.74, 6) is 0.781. The van der Waals surface area contributed by atoms with Gasteiger partial charge in [0, 0.05) is 18.0 Å². The number of aromatic hydroxyl groups is 1. The van der Waals surface area contributed by atoms with Crippen molar-refractivity contribution in [3.63, 3.8) is 0 Å². The van der Waals surface area contributed by atoms with Crippen LogP contribution >= 0.6 is 0 Å². The Hall–Kier alpha value is -2.37. The number of hydrogen-bond donors (Lipinski definition) is 1. The van der Waals surface area contributed by atoms with Gasteiger partial charge in [0.1, 0.15) is 0 Å². The summed E-state index contributed by atoms with van der Waals surface area (Å²) in [5, 5.41) is 10.5. The van der Waals surface area contributed by atoms with Crippen molar-refractivity contribution in [1.82, 2.24) is 4.90 Å². The lowest BCUT2D eigenvalue weighted by Gasteiger charge is -2.64. The van der Waals surface area contributed by atoms with Gasteiger partial charge in [0.05, 0.1) is 17.6 Å². The topological polar surface area (TPSA) is 59.0 Å². The van der Waals surface area contributed by atoms with Crippen molar-refractivity contribution in [3.8, 4) is 11.5 Å². The number of benzene rings is 2. The first-order chi connectivity index (χ1) is 14.1. The highest BCUT2D eigenvalue weighted by molar-refractivity contribution is 5.90. The highest BCUT2D eigenvalue weighted by Gasteiger charge is 2.73. The molecule has 6 rings (SSSR count). The van der Waals surface area contributed by atoms with Gasteiger partial charge in [-0.1, -0.05) is 36.4 Å². The van der Waals surface area contributed by atoms with Crippen LogP contribution in [0.3, 0.4) is 0 Å². The lowest BCUT2D eigenvalue weighted by Crippen LogP contribution is -2.76. The number of phenols is 1. The molecule has 5 heteroatoms. The molecule has 5 nitrogen and oxygen atoms in total. The van der Waals surface area contributed by atoms with Gasteiger partial charge in [0.2, 0.25) is 0 Å². The molecular weight excluding hydrogens is 366 g/mol. The third-order valence-corrected chi connectivity index (χ3v) is 7.82. The van der Waals surface area contributed by atoms with Crippen LogP contribution in [-0.4, -0.2) is 47.1 Å². The molecule has 1 spiro atoms. The summed E-state index contributed by atoms with van der Waals surface area (Å²) in [6, 6.07) is 14.1. The zero-order valence-electron chi connectivity index (χ0n) is 16.6. The number of ketones is 1. The Bertz CT molecular complexity index is 1010. The molecule has 2 aromatic rings. The van der Waals surface area contributed by atoms with Gasteiger partial charge in [-0.15, -0.1) is 0 Å². The molecule has 150 valence electrons. The van der Waals surface area contributed by atoms with Gasteiger partial charge >= 0.3 is 0 Å². The number of carbonyl (C=O) groups excluding carboxylic acids is 1. The van der Waals surface area contributed by atoms with E-state index in [1.54, 1.807) is 6.07 Å². The summed E-state index contributed by atoms with van der Waals surface area (Å²) in [4.78, 5) is 15.5. The monoisotopic (exact) mass is 391 g/mol. The van der Waals surface area contributed by atoms with Crippen LogP contribution in [0.4, 0.5) is 0 Å². The molecule has 2 aromatic carbocycles. The molecular formula is C24H25NO4. The van der Waals surface area contributed by atoms with E-state index in [9.17, 15) is 9.90 Å². The number of piperidine rings is 1. The van der Waals surface area contributed by atoms with Crippen molar-refractivity contribution in [2.45, 2.75) is 55.5 Å². The van der Waals surface area contributed by atoms with Crippen LogP contribution in [0, 0.1) is 0 Å². The molecule has 2 heterocycles. The van der Waals surface area contributed by atoms with Crippen LogP contribution in [0.25, 0.3) is 0 Å². The Balaban J connectivity index is 1.55. The maximum atomic E-state index is 13.1. The number of likely N-dealkylation sites (tertiary alicyclic amines) is 1. The summed E-state index contributed by atoms with van der Waals surface area (Å²) in [6.45, 7) is 1.40. The summed E-state index contributed by atoms with van der Waals surface area (Å²) in [7, 11) is 2.17. The van der Waals surface area contributed by atoms with E-state index in [2.05, 4.69) is 24.1 Å². The molecule has 0 radical (unpaired) electrons. The zero-order valence-corrected chi connectivity index (χ0v) is 16.6. The maximum Gasteiger partial charge on any atom is 0.174 e. The zero-order chi connectivity index (χ0) is 19.8. The van der Waals surface area contributed by atoms with Crippen molar-refractivity contribution >= 4 is 5.78 Å². The third-order valence-electron chi connectivity index (χ3n) is 7.82. The smallest absolute Gasteiger partial charge is 0.174 e. The molecule has 29 heavy (non-hydrogen) atoms. The van der Waals surface area contributed by atoms with Crippen molar-refractivity contribution in [1.29, 1.82) is 0 Å². The minimum Gasteiger partial charge on any atom is -0.504 e. The fourth-order valence-corrected chi connectivity index (χ4v) is 6.59. The number of likely N-dealkylation sites (N-methyl/N-ethyl adjacent to an activating group) is 1. The molecule has 4 aliphatic rings. The Kier molecular flexibility index (Phi) is 3.52. The van der Waals surface area contributed by atoms with E-state index in [0.29, 0.717) is 25.2 Å². The molecule has 0 aromatic heterocycles. The number of ether oxygens (including phenoxy) is 2. The molecule has 2 bridgehead atoms. The molecule has 4 atom stereocenters. The van der Waals surface area contributed by atoms with Gasteiger partial charge in [-0.2, -0.15) is 0 Å². The highest BCUT2D eigenvalue weighted by Crippen LogP contribution is 2.65. The van der Waals surface area contributed by atoms with Gasteiger partial charge in [0.15, 0.2) is 23.4 Å². The van der Waals surface area contributed by atoms with E-state index in [4.69, 9.17) is 9.47 Å². The minimum absolute atomic E-state index is 0.134. The molecule has 1 saturated carbocycles. The van der Waals surface area contributed by atoms with Crippen LogP contribution in [0.15, 0.2) is 42.5 Å². The van der Waals surface area contributed by atoms with Crippen LogP contribution in [0.1, 0.15) is 36.0 Å². The molecule has 1 N–H and O–H groups in total. The minimum atomic E-state index is -0.564. The van der Waals surface area contributed by atoms with Gasteiger partial charge < -0.3 is 19.5 Å². The summed E-state index contributed by atoms with van der Waals surface area (Å²) >= 11 is 0. The maximum absolute atomic E-state index is 13.1. The van der Waals surface area contributed by atoms with E-state index >= 15 is 0 Å². The molecule has 2 fully saturated rings. The van der Waals surface area contributed by atoms with Crippen LogP contribution in [0.2, 0.25) is 0 Å². The Morgan fingerprint density at radius 2 is 2.03 bits per heavy atom. The second kappa shape index (κ2) is 5.83. The Morgan fingerprint density at radius 3 is 2.86 bits per heavy atom. The van der Waals surface area contributed by atoms with Gasteiger partial charge in [-0.3, -0.25) is 4.79 Å². The first kappa shape index (κ1) is 17.5. The van der Waals surface area contributed by atoms with E-state index in [1.807, 2.05) is 24.3 Å². The largest absolute Gasteiger partial charge is 0.504 e. The van der Waals surface area contributed by atoms with E-state index in [-0.39, 0.29) is 17.6 Å². The summed E-state index contributed by atoms with van der Waals surface area (Å²) < 4.78 is 13.1. The lowest BCUT2D eigenvalue weighted by molar-refractivity contribution is -0.215. The first-order valence-corrected chi connectivity index (χ1v) is 10.5. The molecule has 2 aliphatic heterocycles. The fourth-order valence-electron chi connectivity index (χ4n) is 6.59. The van der Waals surface area contributed by atoms with E-state index in [1.165, 1.54) is 5.56 Å². The van der Waals surface area contributed by atoms with Crippen molar-refractivity contribution in [3.05, 3.63) is 59.2 Å². The van der Waals surface area contributed by atoms with E-state index in [0.717, 1.165) is 30.5 Å². The predicted molar refractivity (Wildman–Crippen MR) is 107 cm³/mol. The average Bonchev–Trinajstić information content (AvgIpc) is 3.10. The van der Waals surface area contributed by atoms with Crippen molar-refractivity contribution < 1.29 is 19.4 Å². The molecule has 1 saturated heterocycles. The van der Waals surface area contributed by atoms with Gasteiger partial charge in [-0.25, -0.2) is 0 Å². The number of rotatable bonds is 3. The molecule has 0 amide bonds. The van der Waals surface area contributed by atoms with Gasteiger partial charge in [-0.05, 0) is 50.0 Å². The summed E-state index contributed by atoms with van der Waals surface area (Å²) in [6.07, 6.45) is 2.23. The predicted octanol–water partition coefficient (Wildman–Crippen LogP) is 2.97. The number of Topliss-reactive ketones (excluding diaryl/α,β-unsaturated/α-hetero) is 1. The van der Waals surface area contributed by atoms with Crippen LogP contribution in [0.5, 0.6) is 11.5 Å². The van der Waals surface area contributed by atoms with Crippen molar-refractivity contribution in [2.24, 2.45) is 0 Å². The van der Waals surface area contributed by atoms with E-state index < -0.39 is 17.1 Å². The summed E-state index contributed by atoms with van der Waals surface area (Å²) in [5.41, 5.74) is 2.34. The van der Waals surface area contributed by atoms with Crippen molar-refractivity contribution in [2.75, 3.05) is 13.6 Å².